The van der Waals surface area contributed by atoms with Gasteiger partial charge in [0.15, 0.2) is 0 Å². The van der Waals surface area contributed by atoms with Crippen molar-refractivity contribution < 1.29 is 19.4 Å². The number of carbonyl (C=O) groups excluding carboxylic acids is 1. The summed E-state index contributed by atoms with van der Waals surface area (Å²) in [5.41, 5.74) is 0.644. The van der Waals surface area contributed by atoms with E-state index in [2.05, 4.69) is 15.3 Å². The molecule has 0 aliphatic carbocycles. The van der Waals surface area contributed by atoms with E-state index in [1.807, 2.05) is 6.92 Å². The van der Waals surface area contributed by atoms with Gasteiger partial charge in [-0.25, -0.2) is 14.6 Å². The minimum Gasteiger partial charge on any atom is -0.480 e. The fourth-order valence-corrected chi connectivity index (χ4v) is 1.62. The highest BCUT2D eigenvalue weighted by molar-refractivity contribution is 5.82. The van der Waals surface area contributed by atoms with Crippen molar-refractivity contribution in [1.82, 2.24) is 20.2 Å². The molecular weight excluding hydrogens is 264 g/mol. The van der Waals surface area contributed by atoms with Crippen LogP contribution in [0.5, 0.6) is 0 Å². The SMILES string of the molecule is COCC(C)N(C)C(=O)N[C@H](Cc1cnc[nH]1)C(=O)O. The number of nitrogens with one attached hydrogen (secondary N) is 2. The summed E-state index contributed by atoms with van der Waals surface area (Å²) in [5, 5.41) is 11.6. The number of H-pyrrole nitrogens is 1. The Morgan fingerprint density at radius 1 is 1.60 bits per heavy atom. The Balaban J connectivity index is 2.61. The molecular formula is C12H20N4O4. The molecule has 0 saturated heterocycles. The van der Waals surface area contributed by atoms with Gasteiger partial charge in [0, 0.05) is 32.5 Å². The van der Waals surface area contributed by atoms with Crippen molar-refractivity contribution in [3.05, 3.63) is 18.2 Å². The van der Waals surface area contributed by atoms with Crippen LogP contribution in [0.4, 0.5) is 4.79 Å². The first-order valence-corrected chi connectivity index (χ1v) is 6.18. The molecule has 0 radical (unpaired) electrons. The van der Waals surface area contributed by atoms with E-state index < -0.39 is 18.0 Å². The van der Waals surface area contributed by atoms with Crippen LogP contribution in [-0.4, -0.2) is 64.8 Å². The van der Waals surface area contributed by atoms with E-state index in [9.17, 15) is 9.59 Å². The second-order valence-corrected chi connectivity index (χ2v) is 4.54. The number of amides is 2. The molecule has 1 rings (SSSR count). The molecule has 20 heavy (non-hydrogen) atoms. The largest absolute Gasteiger partial charge is 0.480 e. The number of ether oxygens (including phenoxy) is 1. The van der Waals surface area contributed by atoms with Crippen LogP contribution in [0.3, 0.4) is 0 Å². The molecule has 0 aromatic carbocycles. The lowest BCUT2D eigenvalue weighted by molar-refractivity contribution is -0.139. The third-order valence-electron chi connectivity index (χ3n) is 2.96. The zero-order chi connectivity index (χ0) is 15.1. The maximum atomic E-state index is 12.0. The van der Waals surface area contributed by atoms with Gasteiger partial charge in [-0.2, -0.15) is 0 Å². The molecule has 0 spiro atoms. The predicted molar refractivity (Wildman–Crippen MR) is 71.3 cm³/mol. The monoisotopic (exact) mass is 284 g/mol. The van der Waals surface area contributed by atoms with E-state index in [0.29, 0.717) is 12.3 Å². The number of rotatable bonds is 7. The summed E-state index contributed by atoms with van der Waals surface area (Å²) in [4.78, 5) is 31.2. The maximum Gasteiger partial charge on any atom is 0.326 e. The smallest absolute Gasteiger partial charge is 0.326 e. The van der Waals surface area contributed by atoms with Gasteiger partial charge in [0.25, 0.3) is 0 Å². The molecule has 3 N–H and O–H groups in total. The summed E-state index contributed by atoms with van der Waals surface area (Å²) < 4.78 is 4.96. The normalized spacial score (nSPS) is 13.6. The first kappa shape index (κ1) is 16.0. The maximum absolute atomic E-state index is 12.0. The zero-order valence-electron chi connectivity index (χ0n) is 11.8. The quantitative estimate of drug-likeness (QED) is 0.657. The summed E-state index contributed by atoms with van der Waals surface area (Å²) in [6.45, 7) is 2.19. The van der Waals surface area contributed by atoms with Crippen LogP contribution in [-0.2, 0) is 16.0 Å². The molecule has 0 aliphatic heterocycles. The van der Waals surface area contributed by atoms with E-state index in [-0.39, 0.29) is 12.5 Å². The Bertz CT molecular complexity index is 435. The minimum absolute atomic E-state index is 0.146. The number of imidazole rings is 1. The van der Waals surface area contributed by atoms with E-state index in [4.69, 9.17) is 9.84 Å². The van der Waals surface area contributed by atoms with Crippen LogP contribution in [0.1, 0.15) is 12.6 Å². The topological polar surface area (TPSA) is 108 Å². The van der Waals surface area contributed by atoms with Crippen molar-refractivity contribution in [3.63, 3.8) is 0 Å². The molecule has 0 fully saturated rings. The average Bonchev–Trinajstić information content (AvgIpc) is 2.90. The fourth-order valence-electron chi connectivity index (χ4n) is 1.62. The van der Waals surface area contributed by atoms with Gasteiger partial charge in [0.2, 0.25) is 0 Å². The highest BCUT2D eigenvalue weighted by atomic mass is 16.5. The molecule has 1 aromatic heterocycles. The number of nitrogens with zero attached hydrogens (tertiary/aromatic N) is 2. The van der Waals surface area contributed by atoms with Crippen molar-refractivity contribution in [1.29, 1.82) is 0 Å². The number of carboxylic acid groups (broad SMARTS) is 1. The van der Waals surface area contributed by atoms with Crippen molar-refractivity contribution in [3.8, 4) is 0 Å². The lowest BCUT2D eigenvalue weighted by atomic mass is 10.1. The molecule has 112 valence electrons. The molecule has 1 aromatic rings. The van der Waals surface area contributed by atoms with Crippen LogP contribution in [0.2, 0.25) is 0 Å². The van der Waals surface area contributed by atoms with Crippen molar-refractivity contribution in [2.45, 2.75) is 25.4 Å². The number of aromatic nitrogens is 2. The van der Waals surface area contributed by atoms with Crippen LogP contribution >= 0.6 is 0 Å². The number of likely N-dealkylation sites (N-methyl/N-ethyl adjacent to an activating group) is 1. The summed E-state index contributed by atoms with van der Waals surface area (Å²) in [5.74, 6) is -1.10. The van der Waals surface area contributed by atoms with E-state index in [1.54, 1.807) is 14.2 Å². The van der Waals surface area contributed by atoms with Crippen molar-refractivity contribution >= 4 is 12.0 Å². The highest BCUT2D eigenvalue weighted by Gasteiger charge is 2.24. The summed E-state index contributed by atoms with van der Waals surface area (Å²) in [6.07, 6.45) is 3.13. The van der Waals surface area contributed by atoms with Gasteiger partial charge >= 0.3 is 12.0 Å². The number of aromatic amines is 1. The van der Waals surface area contributed by atoms with Gasteiger partial charge in [0.1, 0.15) is 6.04 Å². The first-order valence-electron chi connectivity index (χ1n) is 6.18. The third kappa shape index (κ3) is 4.54. The fraction of sp³-hybridized carbons (Fsp3) is 0.583. The van der Waals surface area contributed by atoms with Crippen LogP contribution in [0, 0.1) is 0 Å². The second-order valence-electron chi connectivity index (χ2n) is 4.54. The molecule has 0 saturated carbocycles. The number of urea groups is 1. The van der Waals surface area contributed by atoms with Crippen LogP contribution < -0.4 is 5.32 Å². The Morgan fingerprint density at radius 3 is 2.80 bits per heavy atom. The second kappa shape index (κ2) is 7.49. The van der Waals surface area contributed by atoms with Crippen LogP contribution in [0.25, 0.3) is 0 Å². The third-order valence-corrected chi connectivity index (χ3v) is 2.96. The Kier molecular flexibility index (Phi) is 5.98. The van der Waals surface area contributed by atoms with Gasteiger partial charge < -0.3 is 25.0 Å². The molecule has 2 atom stereocenters. The number of hydrogen-bond donors (Lipinski definition) is 3. The predicted octanol–water partition coefficient (Wildman–Crippen LogP) is 0.0817. The average molecular weight is 284 g/mol. The number of aliphatic carboxylic acids is 1. The van der Waals surface area contributed by atoms with Crippen molar-refractivity contribution in [2.24, 2.45) is 0 Å². The summed E-state index contributed by atoms with van der Waals surface area (Å²) >= 11 is 0. The van der Waals surface area contributed by atoms with Gasteiger partial charge in [-0.15, -0.1) is 0 Å². The van der Waals surface area contributed by atoms with Gasteiger partial charge in [-0.1, -0.05) is 0 Å². The number of carbonyl (C=O) groups is 2. The van der Waals surface area contributed by atoms with E-state index in [1.165, 1.54) is 17.4 Å². The Labute approximate surface area is 117 Å². The van der Waals surface area contributed by atoms with Crippen LogP contribution in [0.15, 0.2) is 12.5 Å². The molecule has 0 aliphatic rings. The highest BCUT2D eigenvalue weighted by Crippen LogP contribution is 2.02. The summed E-state index contributed by atoms with van der Waals surface area (Å²) in [6, 6.07) is -1.62. The lowest BCUT2D eigenvalue weighted by Crippen LogP contribution is -2.50. The lowest BCUT2D eigenvalue weighted by Gasteiger charge is -2.26. The van der Waals surface area contributed by atoms with Gasteiger partial charge in [-0.3, -0.25) is 0 Å². The first-order chi connectivity index (χ1) is 9.45. The van der Waals surface area contributed by atoms with Gasteiger partial charge in [0.05, 0.1) is 19.0 Å². The number of methoxy groups -OCH3 is 1. The standard InChI is InChI=1S/C12H20N4O4/c1-8(6-20-3)16(2)12(19)15-10(11(17)18)4-9-5-13-7-14-9/h5,7-8,10H,4,6H2,1-3H3,(H,13,14)(H,15,19)(H,17,18)/t8?,10-/m1/s1. The summed E-state index contributed by atoms with van der Waals surface area (Å²) in [7, 11) is 3.13. The molecule has 1 unspecified atom stereocenters. The van der Waals surface area contributed by atoms with E-state index >= 15 is 0 Å². The van der Waals surface area contributed by atoms with Crippen molar-refractivity contribution in [2.75, 3.05) is 20.8 Å². The Morgan fingerprint density at radius 2 is 2.30 bits per heavy atom. The minimum atomic E-state index is -1.10. The molecule has 0 bridgehead atoms. The van der Waals surface area contributed by atoms with Gasteiger partial charge in [-0.05, 0) is 6.92 Å². The Hall–Kier alpha value is -2.09. The molecule has 2 amide bonds. The molecule has 1 heterocycles. The van der Waals surface area contributed by atoms with E-state index in [0.717, 1.165) is 0 Å². The number of hydrogen-bond acceptors (Lipinski definition) is 4. The molecule has 8 heteroatoms. The molecule has 8 nitrogen and oxygen atoms in total. The zero-order valence-corrected chi connectivity index (χ0v) is 11.8. The number of carboxylic acids is 1.